The molecule has 0 amide bonds. The number of hydrogen-bond acceptors (Lipinski definition) is 3. The zero-order valence-corrected chi connectivity index (χ0v) is 15.3. The first-order valence-electron chi connectivity index (χ1n) is 9.00. The Morgan fingerprint density at radius 2 is 2.00 bits per heavy atom. The van der Waals surface area contributed by atoms with Gasteiger partial charge in [-0.25, -0.2) is 0 Å². The predicted octanol–water partition coefficient (Wildman–Crippen LogP) is 5.36. The van der Waals surface area contributed by atoms with E-state index in [1.54, 1.807) is 11.3 Å². The third-order valence-corrected chi connectivity index (χ3v) is 6.36. The first kappa shape index (κ1) is 16.3. The third kappa shape index (κ3) is 3.34. The lowest BCUT2D eigenvalue weighted by Gasteiger charge is -2.22. The van der Waals surface area contributed by atoms with Crippen LogP contribution in [0.15, 0.2) is 53.3 Å². The van der Waals surface area contributed by atoms with Gasteiger partial charge in [-0.1, -0.05) is 43.7 Å². The zero-order valence-electron chi connectivity index (χ0n) is 14.5. The minimum absolute atomic E-state index is 0.230. The second kappa shape index (κ2) is 7.01. The monoisotopic (exact) mass is 350 g/mol. The molecule has 0 saturated carbocycles. The predicted molar refractivity (Wildman–Crippen MR) is 105 cm³/mol. The molecule has 0 spiro atoms. The number of benzene rings is 2. The van der Waals surface area contributed by atoms with E-state index in [4.69, 9.17) is 4.74 Å². The molecule has 1 heterocycles. The highest BCUT2D eigenvalue weighted by Crippen LogP contribution is 2.33. The fraction of sp³-hybridized carbons (Fsp3) is 0.318. The van der Waals surface area contributed by atoms with Crippen LogP contribution in [-0.4, -0.2) is 0 Å². The summed E-state index contributed by atoms with van der Waals surface area (Å²) in [7, 11) is 0. The Labute approximate surface area is 152 Å². The van der Waals surface area contributed by atoms with Gasteiger partial charge in [0.1, 0.15) is 12.4 Å². The van der Waals surface area contributed by atoms with Crippen molar-refractivity contribution in [1.82, 2.24) is 0 Å². The van der Waals surface area contributed by atoms with Gasteiger partial charge in [0, 0.05) is 20.5 Å². The maximum Gasteiger partial charge on any atom is 0.191 e. The van der Waals surface area contributed by atoms with Gasteiger partial charge in [-0.3, -0.25) is 4.79 Å². The number of hydrogen-bond donors (Lipinski definition) is 0. The normalized spacial score (nSPS) is 16.6. The van der Waals surface area contributed by atoms with Crippen molar-refractivity contribution >= 4 is 21.4 Å². The minimum atomic E-state index is 0.230. The molecule has 4 rings (SSSR count). The quantitative estimate of drug-likeness (QED) is 0.633. The summed E-state index contributed by atoms with van der Waals surface area (Å²) in [6.45, 7) is 2.79. The third-order valence-electron chi connectivity index (χ3n) is 5.14. The van der Waals surface area contributed by atoms with E-state index in [-0.39, 0.29) is 5.43 Å². The van der Waals surface area contributed by atoms with Crippen LogP contribution in [0.1, 0.15) is 35.8 Å². The summed E-state index contributed by atoms with van der Waals surface area (Å²) in [5, 5.41) is 0.839. The molecule has 128 valence electrons. The second-order valence-corrected chi connectivity index (χ2v) is 7.92. The van der Waals surface area contributed by atoms with Crippen molar-refractivity contribution in [3.05, 3.63) is 74.8 Å². The highest BCUT2D eigenvalue weighted by Gasteiger charge is 2.21. The largest absolute Gasteiger partial charge is 0.489 e. The highest BCUT2D eigenvalue weighted by molar-refractivity contribution is 7.18. The minimum Gasteiger partial charge on any atom is -0.489 e. The maximum absolute atomic E-state index is 12.8. The van der Waals surface area contributed by atoms with Gasteiger partial charge in [0.05, 0.1) is 0 Å². The molecule has 1 atom stereocenters. The molecule has 1 aliphatic carbocycles. The van der Waals surface area contributed by atoms with Gasteiger partial charge in [-0.15, -0.1) is 11.3 Å². The summed E-state index contributed by atoms with van der Waals surface area (Å²) in [5.74, 6) is 1.55. The Balaban J connectivity index is 1.65. The Kier molecular flexibility index (Phi) is 4.58. The molecule has 2 nitrogen and oxygen atoms in total. The molecule has 0 N–H and O–H groups in total. The topological polar surface area (TPSA) is 26.3 Å². The molecule has 0 bridgehead atoms. The van der Waals surface area contributed by atoms with Gasteiger partial charge in [-0.05, 0) is 48.9 Å². The summed E-state index contributed by atoms with van der Waals surface area (Å²) in [4.78, 5) is 14.1. The lowest BCUT2D eigenvalue weighted by atomic mass is 9.87. The van der Waals surface area contributed by atoms with Crippen LogP contribution >= 0.6 is 11.3 Å². The molecule has 0 radical (unpaired) electrons. The van der Waals surface area contributed by atoms with Gasteiger partial charge >= 0.3 is 0 Å². The lowest BCUT2D eigenvalue weighted by molar-refractivity contribution is 0.306. The molecule has 3 heteroatoms. The van der Waals surface area contributed by atoms with Crippen LogP contribution < -0.4 is 10.2 Å². The molecule has 0 fully saturated rings. The van der Waals surface area contributed by atoms with E-state index < -0.39 is 0 Å². The first-order chi connectivity index (χ1) is 12.2. The van der Waals surface area contributed by atoms with Crippen molar-refractivity contribution in [2.24, 2.45) is 5.92 Å². The second-order valence-electron chi connectivity index (χ2n) is 6.78. The number of ether oxygens (including phenoxy) is 1. The molecule has 3 aromatic rings. The molecule has 2 aromatic carbocycles. The van der Waals surface area contributed by atoms with Gasteiger partial charge in [0.25, 0.3) is 0 Å². The standard InChI is InChI=1S/C22H22O2S/c1-2-15-8-10-18-20(12-15)25-21-13-17(9-11-19(21)22(18)23)24-14-16-6-4-3-5-7-16/h3-7,9,11,13,15H,2,8,10,12,14H2,1H3. The van der Waals surface area contributed by atoms with Gasteiger partial charge in [-0.2, -0.15) is 0 Å². The Morgan fingerprint density at radius 1 is 1.16 bits per heavy atom. The Bertz CT molecular complexity index is 943. The molecule has 1 aliphatic rings. The molecule has 25 heavy (non-hydrogen) atoms. The van der Waals surface area contributed by atoms with Crippen LogP contribution in [0.25, 0.3) is 10.1 Å². The fourth-order valence-corrected chi connectivity index (χ4v) is 4.92. The smallest absolute Gasteiger partial charge is 0.191 e. The van der Waals surface area contributed by atoms with Crippen molar-refractivity contribution in [2.75, 3.05) is 0 Å². The van der Waals surface area contributed by atoms with Crippen LogP contribution in [0.3, 0.4) is 0 Å². The van der Waals surface area contributed by atoms with E-state index in [1.807, 2.05) is 36.4 Å². The van der Waals surface area contributed by atoms with E-state index in [1.165, 1.54) is 11.3 Å². The summed E-state index contributed by atoms with van der Waals surface area (Å²) in [6, 6.07) is 16.0. The van der Waals surface area contributed by atoms with Crippen LogP contribution in [-0.2, 0) is 19.4 Å². The summed E-state index contributed by atoms with van der Waals surface area (Å²) >= 11 is 1.78. The maximum atomic E-state index is 12.8. The fourth-order valence-electron chi connectivity index (χ4n) is 3.57. The average Bonchev–Trinajstić information content (AvgIpc) is 2.66. The van der Waals surface area contributed by atoms with E-state index in [0.717, 1.165) is 52.1 Å². The first-order valence-corrected chi connectivity index (χ1v) is 9.81. The molecule has 1 aromatic heterocycles. The van der Waals surface area contributed by atoms with E-state index in [9.17, 15) is 4.79 Å². The van der Waals surface area contributed by atoms with Gasteiger partial charge < -0.3 is 4.74 Å². The van der Waals surface area contributed by atoms with Crippen LogP contribution in [0.5, 0.6) is 5.75 Å². The molecular formula is C22H22O2S. The van der Waals surface area contributed by atoms with Gasteiger partial charge in [0.2, 0.25) is 0 Å². The molecule has 0 aliphatic heterocycles. The van der Waals surface area contributed by atoms with Crippen molar-refractivity contribution < 1.29 is 4.74 Å². The average molecular weight is 350 g/mol. The highest BCUT2D eigenvalue weighted by atomic mass is 32.1. The summed E-state index contributed by atoms with van der Waals surface area (Å²) < 4.78 is 6.98. The number of rotatable bonds is 4. The molecule has 0 saturated heterocycles. The van der Waals surface area contributed by atoms with E-state index >= 15 is 0 Å². The molecular weight excluding hydrogens is 328 g/mol. The van der Waals surface area contributed by atoms with Crippen LogP contribution in [0.4, 0.5) is 0 Å². The van der Waals surface area contributed by atoms with Crippen molar-refractivity contribution in [3.63, 3.8) is 0 Å². The lowest BCUT2D eigenvalue weighted by Crippen LogP contribution is -2.20. The van der Waals surface area contributed by atoms with Crippen molar-refractivity contribution in [2.45, 2.75) is 39.2 Å². The zero-order chi connectivity index (χ0) is 17.2. The Morgan fingerprint density at radius 3 is 2.80 bits per heavy atom. The van der Waals surface area contributed by atoms with Crippen LogP contribution in [0, 0.1) is 5.92 Å². The van der Waals surface area contributed by atoms with Crippen molar-refractivity contribution in [3.8, 4) is 5.75 Å². The summed E-state index contributed by atoms with van der Waals surface area (Å²) in [6.07, 6.45) is 4.33. The van der Waals surface area contributed by atoms with Gasteiger partial charge in [0.15, 0.2) is 5.43 Å². The molecule has 1 unspecified atom stereocenters. The Hall–Kier alpha value is -2.13. The van der Waals surface area contributed by atoms with E-state index in [2.05, 4.69) is 19.1 Å². The van der Waals surface area contributed by atoms with Crippen LogP contribution in [0.2, 0.25) is 0 Å². The summed E-state index contributed by atoms with van der Waals surface area (Å²) in [5.41, 5.74) is 2.43. The van der Waals surface area contributed by atoms with E-state index in [0.29, 0.717) is 6.61 Å². The number of fused-ring (bicyclic) bond motifs is 2. The van der Waals surface area contributed by atoms with Crippen molar-refractivity contribution in [1.29, 1.82) is 0 Å². The SMILES string of the molecule is CCC1CCc2c(sc3cc(OCc4ccccc4)ccc3c2=O)C1.